The van der Waals surface area contributed by atoms with E-state index in [4.69, 9.17) is 4.74 Å². The van der Waals surface area contributed by atoms with Crippen LogP contribution in [-0.4, -0.2) is 7.11 Å². The fraction of sp³-hybridized carbons (Fsp3) is 0.250. The minimum atomic E-state index is 0. The molecule has 2 rings (SSSR count). The molecule has 2 aliphatic rings. The van der Waals surface area contributed by atoms with E-state index in [0.29, 0.717) is 0 Å². The third kappa shape index (κ3) is 0.772. The quantitative estimate of drug-likeness (QED) is 0.600. The van der Waals surface area contributed by atoms with Crippen LogP contribution in [0.25, 0.3) is 0 Å². The van der Waals surface area contributed by atoms with Gasteiger partial charge >= 0.3 is 0 Å². The first kappa shape index (κ1) is 7.09. The molecule has 0 fully saturated rings. The monoisotopic (exact) mass is 137 g/mol. The molecule has 2 nitrogen and oxygen atoms in total. The summed E-state index contributed by atoms with van der Waals surface area (Å²) in [5, 5.41) is 0. The van der Waals surface area contributed by atoms with E-state index in [0.717, 1.165) is 12.2 Å². The highest BCUT2D eigenvalue weighted by Crippen LogP contribution is 2.33. The molecule has 0 saturated heterocycles. The Labute approximate surface area is 60.5 Å². The summed E-state index contributed by atoms with van der Waals surface area (Å²) < 4.78 is 5.10. The van der Waals surface area contributed by atoms with Gasteiger partial charge in [0.15, 0.2) is 0 Å². The van der Waals surface area contributed by atoms with Crippen LogP contribution < -0.4 is 6.15 Å². The third-order valence-corrected chi connectivity index (χ3v) is 1.75. The lowest BCUT2D eigenvalue weighted by Crippen LogP contribution is -1.82. The van der Waals surface area contributed by atoms with Gasteiger partial charge < -0.3 is 10.9 Å². The van der Waals surface area contributed by atoms with Crippen molar-refractivity contribution in [2.45, 2.75) is 6.42 Å². The van der Waals surface area contributed by atoms with Gasteiger partial charge in [-0.05, 0) is 17.2 Å². The van der Waals surface area contributed by atoms with Crippen molar-refractivity contribution in [3.05, 3.63) is 35.1 Å². The Hall–Kier alpha value is -1.02. The van der Waals surface area contributed by atoms with Crippen LogP contribution in [-0.2, 0) is 4.74 Å². The second-order valence-electron chi connectivity index (χ2n) is 2.32. The maximum Gasteiger partial charge on any atom is 0.122 e. The highest BCUT2D eigenvalue weighted by molar-refractivity contribution is 5.52. The molecule has 2 heteroatoms. The van der Waals surface area contributed by atoms with Crippen molar-refractivity contribution >= 4 is 0 Å². The predicted octanol–water partition coefficient (Wildman–Crippen LogP) is 1.95. The number of hydrogen-bond acceptors (Lipinski definition) is 2. The van der Waals surface area contributed by atoms with Crippen molar-refractivity contribution in [2.24, 2.45) is 0 Å². The first-order chi connectivity index (χ1) is 4.40. The summed E-state index contributed by atoms with van der Waals surface area (Å²) in [6.07, 6.45) is 7.44. The molecule has 0 radical (unpaired) electrons. The zero-order valence-electron chi connectivity index (χ0n) is 6.05. The molecule has 0 aromatic carbocycles. The molecular formula is C8H11NO. The molecule has 2 aliphatic carbocycles. The number of fused-ring (bicyclic) bond motifs is 2. The van der Waals surface area contributed by atoms with Crippen molar-refractivity contribution in [1.29, 1.82) is 0 Å². The Morgan fingerprint density at radius 3 is 2.50 bits per heavy atom. The average Bonchev–Trinajstić information content (AvgIpc) is 2.45. The zero-order chi connectivity index (χ0) is 6.27. The predicted molar refractivity (Wildman–Crippen MR) is 40.9 cm³/mol. The number of rotatable bonds is 1. The lowest BCUT2D eigenvalue weighted by atomic mass is 10.3. The lowest BCUT2D eigenvalue weighted by molar-refractivity contribution is 0.305. The molecule has 0 aromatic rings. The number of ether oxygens (including phenoxy) is 1. The molecule has 0 spiro atoms. The van der Waals surface area contributed by atoms with Gasteiger partial charge in [0.25, 0.3) is 0 Å². The van der Waals surface area contributed by atoms with Gasteiger partial charge in [-0.2, -0.15) is 0 Å². The van der Waals surface area contributed by atoms with E-state index in [9.17, 15) is 0 Å². The molecule has 0 heterocycles. The van der Waals surface area contributed by atoms with Crippen LogP contribution in [0, 0.1) is 0 Å². The second-order valence-corrected chi connectivity index (χ2v) is 2.32. The average molecular weight is 137 g/mol. The van der Waals surface area contributed by atoms with Crippen molar-refractivity contribution in [3.63, 3.8) is 0 Å². The van der Waals surface area contributed by atoms with E-state index in [1.165, 1.54) is 11.1 Å². The summed E-state index contributed by atoms with van der Waals surface area (Å²) in [4.78, 5) is 0. The Kier molecular flexibility index (Phi) is 1.64. The van der Waals surface area contributed by atoms with E-state index in [2.05, 4.69) is 18.2 Å². The van der Waals surface area contributed by atoms with Gasteiger partial charge in [-0.15, -0.1) is 0 Å². The molecule has 2 bridgehead atoms. The third-order valence-electron chi connectivity index (χ3n) is 1.75. The minimum Gasteiger partial charge on any atom is -0.496 e. The number of hydrogen-bond donors (Lipinski definition) is 1. The lowest BCUT2D eigenvalue weighted by Gasteiger charge is -1.98. The van der Waals surface area contributed by atoms with E-state index in [1.807, 2.05) is 0 Å². The zero-order valence-corrected chi connectivity index (χ0v) is 6.05. The van der Waals surface area contributed by atoms with Crippen LogP contribution in [0.4, 0.5) is 0 Å². The first-order valence-corrected chi connectivity index (χ1v) is 3.06. The van der Waals surface area contributed by atoms with Gasteiger partial charge in [0.2, 0.25) is 0 Å². The van der Waals surface area contributed by atoms with Gasteiger partial charge in [0, 0.05) is 6.42 Å². The smallest absolute Gasteiger partial charge is 0.122 e. The highest BCUT2D eigenvalue weighted by Gasteiger charge is 2.17. The normalized spacial score (nSPS) is 19.1. The fourth-order valence-electron chi connectivity index (χ4n) is 1.26. The number of allylic oxidation sites excluding steroid dienone is 5. The molecular weight excluding hydrogens is 126 g/mol. The summed E-state index contributed by atoms with van der Waals surface area (Å²) in [6.45, 7) is 0. The largest absolute Gasteiger partial charge is 0.496 e. The van der Waals surface area contributed by atoms with E-state index < -0.39 is 0 Å². The number of methoxy groups -OCH3 is 1. The van der Waals surface area contributed by atoms with E-state index in [-0.39, 0.29) is 6.15 Å². The summed E-state index contributed by atoms with van der Waals surface area (Å²) in [6, 6.07) is 0. The van der Waals surface area contributed by atoms with Gasteiger partial charge in [-0.1, -0.05) is 12.2 Å². The summed E-state index contributed by atoms with van der Waals surface area (Å²) in [7, 11) is 1.72. The van der Waals surface area contributed by atoms with Crippen molar-refractivity contribution < 1.29 is 4.74 Å². The van der Waals surface area contributed by atoms with Crippen LogP contribution in [0.15, 0.2) is 35.1 Å². The van der Waals surface area contributed by atoms with Crippen molar-refractivity contribution in [2.75, 3.05) is 7.11 Å². The highest BCUT2D eigenvalue weighted by atomic mass is 16.5. The second kappa shape index (κ2) is 2.31. The summed E-state index contributed by atoms with van der Waals surface area (Å²) >= 11 is 0. The van der Waals surface area contributed by atoms with E-state index >= 15 is 0 Å². The fourth-order valence-corrected chi connectivity index (χ4v) is 1.26. The van der Waals surface area contributed by atoms with Crippen molar-refractivity contribution in [3.8, 4) is 0 Å². The van der Waals surface area contributed by atoms with Crippen LogP contribution in [0.1, 0.15) is 6.42 Å². The van der Waals surface area contributed by atoms with E-state index in [1.54, 1.807) is 7.11 Å². The van der Waals surface area contributed by atoms with Gasteiger partial charge in [0.05, 0.1) is 7.11 Å². The topological polar surface area (TPSA) is 44.2 Å². The molecule has 0 aromatic heterocycles. The molecule has 0 saturated carbocycles. The molecule has 0 aliphatic heterocycles. The van der Waals surface area contributed by atoms with Gasteiger partial charge in [-0.25, -0.2) is 0 Å². The molecule has 10 heavy (non-hydrogen) atoms. The molecule has 0 unspecified atom stereocenters. The standard InChI is InChI=1S/C8H8O.H3N/c1-9-8-5-6-2-3-7(8)4-6;/h2-3,5H,4H2,1H3;1H3. The molecule has 54 valence electrons. The Bertz CT molecular complexity index is 236. The van der Waals surface area contributed by atoms with Crippen LogP contribution in [0.2, 0.25) is 0 Å². The maximum atomic E-state index is 5.10. The van der Waals surface area contributed by atoms with Crippen LogP contribution >= 0.6 is 0 Å². The molecule has 0 atom stereocenters. The first-order valence-electron chi connectivity index (χ1n) is 3.06. The molecule has 3 N–H and O–H groups in total. The van der Waals surface area contributed by atoms with Gasteiger partial charge in [-0.3, -0.25) is 0 Å². The van der Waals surface area contributed by atoms with Crippen molar-refractivity contribution in [1.82, 2.24) is 6.15 Å². The summed E-state index contributed by atoms with van der Waals surface area (Å²) in [5.74, 6) is 1.05. The minimum absolute atomic E-state index is 0. The summed E-state index contributed by atoms with van der Waals surface area (Å²) in [5.41, 5.74) is 2.70. The Morgan fingerprint density at radius 1 is 1.40 bits per heavy atom. The van der Waals surface area contributed by atoms with Gasteiger partial charge in [0.1, 0.15) is 5.76 Å². The van der Waals surface area contributed by atoms with Crippen LogP contribution in [0.3, 0.4) is 0 Å². The SMILES string of the molecule is COC1=C2C=CC(=C1)C2.N. The Balaban J connectivity index is 0.000000500. The maximum absolute atomic E-state index is 5.10. The Morgan fingerprint density at radius 2 is 2.20 bits per heavy atom. The molecule has 0 amide bonds. The van der Waals surface area contributed by atoms with Crippen LogP contribution in [0.5, 0.6) is 0 Å².